The fourth-order valence-corrected chi connectivity index (χ4v) is 2.19. The topological polar surface area (TPSA) is 35.5 Å². The highest BCUT2D eigenvalue weighted by Gasteiger charge is 2.24. The molecule has 2 aromatic carbocycles. The summed E-state index contributed by atoms with van der Waals surface area (Å²) in [7, 11) is 0. The number of carbonyl (C=O) groups excluding carboxylic acids is 1. The van der Waals surface area contributed by atoms with Crippen molar-refractivity contribution in [3.05, 3.63) is 71.3 Å². The molecule has 3 heteroatoms. The molecule has 1 aliphatic rings. The summed E-state index contributed by atoms with van der Waals surface area (Å²) in [5.74, 6) is -0.00435. The Hall–Kier alpha value is -1.97. The third-order valence-corrected chi connectivity index (χ3v) is 3.12. The molecule has 1 aliphatic heterocycles. The van der Waals surface area contributed by atoms with E-state index in [9.17, 15) is 4.79 Å². The first-order valence-corrected chi connectivity index (χ1v) is 6.28. The van der Waals surface area contributed by atoms with Gasteiger partial charge in [-0.2, -0.15) is 0 Å². The van der Waals surface area contributed by atoms with Crippen LogP contribution in [-0.4, -0.2) is 19.0 Å². The second-order valence-corrected chi connectivity index (χ2v) is 4.36. The maximum atomic E-state index is 12.5. The van der Waals surface area contributed by atoms with Crippen LogP contribution in [0.15, 0.2) is 54.6 Å². The van der Waals surface area contributed by atoms with Crippen molar-refractivity contribution in [2.75, 3.05) is 13.2 Å². The molecule has 0 unspecified atom stereocenters. The molecule has 1 fully saturated rings. The van der Waals surface area contributed by atoms with Crippen molar-refractivity contribution in [1.82, 2.24) is 0 Å². The van der Waals surface area contributed by atoms with Crippen molar-refractivity contribution in [3.63, 3.8) is 0 Å². The second-order valence-electron chi connectivity index (χ2n) is 4.36. The summed E-state index contributed by atoms with van der Waals surface area (Å²) in [5.41, 5.74) is 2.11. The molecule has 0 atom stereocenters. The lowest BCUT2D eigenvalue weighted by molar-refractivity contribution is -0.0444. The summed E-state index contributed by atoms with van der Waals surface area (Å²) in [6, 6.07) is 16.7. The average molecular weight is 254 g/mol. The van der Waals surface area contributed by atoms with Gasteiger partial charge < -0.3 is 9.47 Å². The van der Waals surface area contributed by atoms with Crippen LogP contribution in [0.4, 0.5) is 0 Å². The molecule has 19 heavy (non-hydrogen) atoms. The van der Waals surface area contributed by atoms with E-state index in [1.807, 2.05) is 54.6 Å². The first kappa shape index (κ1) is 12.1. The van der Waals surface area contributed by atoms with Gasteiger partial charge in [-0.3, -0.25) is 4.79 Å². The van der Waals surface area contributed by atoms with Gasteiger partial charge in [0.2, 0.25) is 0 Å². The van der Waals surface area contributed by atoms with Gasteiger partial charge in [0.25, 0.3) is 0 Å². The van der Waals surface area contributed by atoms with Crippen molar-refractivity contribution >= 4 is 5.78 Å². The largest absolute Gasteiger partial charge is 0.346 e. The Balaban J connectivity index is 1.98. The second kappa shape index (κ2) is 5.34. The first-order valence-electron chi connectivity index (χ1n) is 6.28. The Labute approximate surface area is 111 Å². The molecular formula is C16H14O3. The molecule has 0 aliphatic carbocycles. The zero-order valence-corrected chi connectivity index (χ0v) is 10.4. The molecule has 0 spiro atoms. The fraction of sp³-hybridized carbons (Fsp3) is 0.188. The van der Waals surface area contributed by atoms with Gasteiger partial charge in [0.05, 0.1) is 13.2 Å². The molecule has 0 radical (unpaired) electrons. The zero-order valence-electron chi connectivity index (χ0n) is 10.4. The molecule has 1 saturated heterocycles. The predicted molar refractivity (Wildman–Crippen MR) is 71.0 cm³/mol. The smallest absolute Gasteiger partial charge is 0.193 e. The molecular weight excluding hydrogens is 240 g/mol. The average Bonchev–Trinajstić information content (AvgIpc) is 3.01. The molecule has 0 N–H and O–H groups in total. The van der Waals surface area contributed by atoms with Gasteiger partial charge in [-0.1, -0.05) is 54.6 Å². The Bertz CT molecular complexity index is 572. The Kier molecular flexibility index (Phi) is 3.40. The van der Waals surface area contributed by atoms with Crippen LogP contribution < -0.4 is 0 Å². The van der Waals surface area contributed by atoms with E-state index < -0.39 is 6.29 Å². The van der Waals surface area contributed by atoms with E-state index in [1.54, 1.807) is 0 Å². The van der Waals surface area contributed by atoms with E-state index in [4.69, 9.17) is 9.47 Å². The van der Waals surface area contributed by atoms with E-state index in [0.29, 0.717) is 24.3 Å². The van der Waals surface area contributed by atoms with Crippen molar-refractivity contribution in [3.8, 4) is 0 Å². The fourth-order valence-electron chi connectivity index (χ4n) is 2.19. The third kappa shape index (κ3) is 2.43. The van der Waals surface area contributed by atoms with Crippen molar-refractivity contribution in [2.45, 2.75) is 6.29 Å². The van der Waals surface area contributed by atoms with Gasteiger partial charge in [-0.15, -0.1) is 0 Å². The summed E-state index contributed by atoms with van der Waals surface area (Å²) in [6.07, 6.45) is -0.427. The van der Waals surface area contributed by atoms with E-state index in [0.717, 1.165) is 5.56 Å². The standard InChI is InChI=1S/C16H14O3/c17-15(12-6-2-1-3-7-12)13-8-4-5-9-14(13)16-18-10-11-19-16/h1-9,16H,10-11H2. The highest BCUT2D eigenvalue weighted by atomic mass is 16.7. The van der Waals surface area contributed by atoms with Gasteiger partial charge in [0, 0.05) is 16.7 Å². The normalized spacial score (nSPS) is 15.6. The highest BCUT2D eigenvalue weighted by Crippen LogP contribution is 2.27. The number of ether oxygens (including phenoxy) is 2. The highest BCUT2D eigenvalue weighted by molar-refractivity contribution is 6.09. The number of hydrogen-bond donors (Lipinski definition) is 0. The molecule has 3 nitrogen and oxygen atoms in total. The molecule has 3 rings (SSSR count). The van der Waals surface area contributed by atoms with Crippen molar-refractivity contribution in [1.29, 1.82) is 0 Å². The van der Waals surface area contributed by atoms with E-state index in [1.165, 1.54) is 0 Å². The number of hydrogen-bond acceptors (Lipinski definition) is 3. The zero-order chi connectivity index (χ0) is 13.1. The SMILES string of the molecule is O=C(c1ccccc1)c1ccccc1C1OCCO1. The number of benzene rings is 2. The molecule has 0 amide bonds. The van der Waals surface area contributed by atoms with Gasteiger partial charge in [-0.05, 0) is 0 Å². The number of carbonyl (C=O) groups is 1. The van der Waals surface area contributed by atoms with Crippen LogP contribution in [0.2, 0.25) is 0 Å². The Morgan fingerprint density at radius 3 is 2.26 bits per heavy atom. The lowest BCUT2D eigenvalue weighted by Crippen LogP contribution is -2.09. The molecule has 0 aromatic heterocycles. The maximum Gasteiger partial charge on any atom is 0.193 e. The lowest BCUT2D eigenvalue weighted by atomic mass is 9.98. The maximum absolute atomic E-state index is 12.5. The van der Waals surface area contributed by atoms with Crippen LogP contribution in [0.1, 0.15) is 27.8 Å². The van der Waals surface area contributed by atoms with Gasteiger partial charge >= 0.3 is 0 Å². The predicted octanol–water partition coefficient (Wildman–Crippen LogP) is 2.96. The van der Waals surface area contributed by atoms with Crippen LogP contribution in [0.5, 0.6) is 0 Å². The molecule has 96 valence electrons. The summed E-state index contributed by atoms with van der Waals surface area (Å²) < 4.78 is 11.0. The quantitative estimate of drug-likeness (QED) is 0.790. The minimum absolute atomic E-state index is 0.00435. The molecule has 1 heterocycles. The van der Waals surface area contributed by atoms with E-state index in [2.05, 4.69) is 0 Å². The van der Waals surface area contributed by atoms with Crippen molar-refractivity contribution in [2.24, 2.45) is 0 Å². The number of rotatable bonds is 3. The van der Waals surface area contributed by atoms with Crippen LogP contribution >= 0.6 is 0 Å². The molecule has 2 aromatic rings. The van der Waals surface area contributed by atoms with E-state index in [-0.39, 0.29) is 5.78 Å². The van der Waals surface area contributed by atoms with Gasteiger partial charge in [-0.25, -0.2) is 0 Å². The minimum Gasteiger partial charge on any atom is -0.346 e. The van der Waals surface area contributed by atoms with Crippen LogP contribution in [0, 0.1) is 0 Å². The monoisotopic (exact) mass is 254 g/mol. The van der Waals surface area contributed by atoms with Gasteiger partial charge in [0.1, 0.15) is 0 Å². The van der Waals surface area contributed by atoms with Gasteiger partial charge in [0.15, 0.2) is 12.1 Å². The molecule has 0 saturated carbocycles. The Morgan fingerprint density at radius 1 is 0.895 bits per heavy atom. The van der Waals surface area contributed by atoms with Crippen LogP contribution in [0.3, 0.4) is 0 Å². The summed E-state index contributed by atoms with van der Waals surface area (Å²) in [4.78, 5) is 12.5. The summed E-state index contributed by atoms with van der Waals surface area (Å²) >= 11 is 0. The lowest BCUT2D eigenvalue weighted by Gasteiger charge is -2.13. The van der Waals surface area contributed by atoms with E-state index >= 15 is 0 Å². The summed E-state index contributed by atoms with van der Waals surface area (Å²) in [6.45, 7) is 1.14. The van der Waals surface area contributed by atoms with Crippen LogP contribution in [0.25, 0.3) is 0 Å². The number of ketones is 1. The Morgan fingerprint density at radius 2 is 1.53 bits per heavy atom. The minimum atomic E-state index is -0.427. The third-order valence-electron chi connectivity index (χ3n) is 3.12. The van der Waals surface area contributed by atoms with Crippen LogP contribution in [-0.2, 0) is 9.47 Å². The molecule has 0 bridgehead atoms. The summed E-state index contributed by atoms with van der Waals surface area (Å²) in [5, 5.41) is 0. The van der Waals surface area contributed by atoms with Crippen molar-refractivity contribution < 1.29 is 14.3 Å². The first-order chi connectivity index (χ1) is 9.36.